The fourth-order valence-corrected chi connectivity index (χ4v) is 3.60. The number of nitrogens with one attached hydrogen (secondary N) is 2. The van der Waals surface area contributed by atoms with E-state index < -0.39 is 36.0 Å². The van der Waals surface area contributed by atoms with Crippen LogP contribution in [0.25, 0.3) is 11.2 Å². The molecule has 1 saturated carbocycles. The van der Waals surface area contributed by atoms with E-state index in [2.05, 4.69) is 25.6 Å². The summed E-state index contributed by atoms with van der Waals surface area (Å²) in [7, 11) is 0. The van der Waals surface area contributed by atoms with E-state index in [0.29, 0.717) is 24.0 Å². The van der Waals surface area contributed by atoms with Gasteiger partial charge in [0.1, 0.15) is 29.7 Å². The number of nitrogen functional groups attached to an aromatic ring is 1. The summed E-state index contributed by atoms with van der Waals surface area (Å²) in [6.45, 7) is 5.33. The molecule has 2 amide bonds. The van der Waals surface area contributed by atoms with E-state index in [9.17, 15) is 19.8 Å². The molecule has 0 saturated heterocycles. The number of carbonyl (C=O) groups is 2. The minimum Gasteiger partial charge on any atom is -0.444 e. The number of imidazole rings is 1. The predicted octanol–water partition coefficient (Wildman–Crippen LogP) is -0.135. The number of nitrogens with zero attached hydrogens (tertiary/aromatic N) is 4. The lowest BCUT2D eigenvalue weighted by atomic mass is 9.85. The summed E-state index contributed by atoms with van der Waals surface area (Å²) in [4.78, 5) is 36.1. The topological polar surface area (TPSA) is 178 Å². The van der Waals surface area contributed by atoms with Crippen LogP contribution < -0.4 is 16.4 Å². The van der Waals surface area contributed by atoms with Gasteiger partial charge in [-0.05, 0) is 33.6 Å². The minimum absolute atomic E-state index is 0.0182. The summed E-state index contributed by atoms with van der Waals surface area (Å²) >= 11 is 0. The summed E-state index contributed by atoms with van der Waals surface area (Å²) in [5.41, 5.74) is 6.08. The van der Waals surface area contributed by atoms with Gasteiger partial charge in [0.15, 0.2) is 11.5 Å². The molecule has 0 unspecified atom stereocenters. The number of anilines is 1. The molecule has 31 heavy (non-hydrogen) atoms. The molecule has 0 radical (unpaired) electrons. The van der Waals surface area contributed by atoms with Crippen molar-refractivity contribution >= 4 is 29.0 Å². The highest BCUT2D eigenvalue weighted by Gasteiger charge is 2.39. The van der Waals surface area contributed by atoms with E-state index >= 15 is 0 Å². The van der Waals surface area contributed by atoms with Crippen LogP contribution in [-0.2, 0) is 9.53 Å². The first-order valence-electron chi connectivity index (χ1n) is 10.1. The standard InChI is InChI=1S/C19H29N7O5/c1-19(2,3)31-18(30)21-7-6-12(27)25-10-4-5-11(15(29)14(10)28)26-9-24-13-16(20)22-8-23-17(13)26/h8-11,14-15,28-29H,4-7H2,1-3H3,(H,21,30)(H,25,27)(H2,20,22,23)/t10-,11-,14-,15-/m0/s1. The van der Waals surface area contributed by atoms with Crippen molar-refractivity contribution in [2.45, 2.75) is 69.9 Å². The fraction of sp³-hybridized carbons (Fsp3) is 0.632. The highest BCUT2D eigenvalue weighted by Crippen LogP contribution is 2.32. The lowest BCUT2D eigenvalue weighted by Gasteiger charge is -2.38. The highest BCUT2D eigenvalue weighted by atomic mass is 16.6. The van der Waals surface area contributed by atoms with Crippen molar-refractivity contribution in [1.29, 1.82) is 0 Å². The molecule has 2 aromatic heterocycles. The molecule has 12 heteroatoms. The molecule has 6 N–H and O–H groups in total. The highest BCUT2D eigenvalue weighted by molar-refractivity contribution is 5.81. The van der Waals surface area contributed by atoms with Crippen LogP contribution in [0.4, 0.5) is 10.6 Å². The largest absolute Gasteiger partial charge is 0.444 e. The van der Waals surface area contributed by atoms with Gasteiger partial charge in [0.05, 0.1) is 18.4 Å². The molecule has 3 rings (SSSR count). The van der Waals surface area contributed by atoms with Crippen LogP contribution in [0.2, 0.25) is 0 Å². The second-order valence-corrected chi connectivity index (χ2v) is 8.56. The molecule has 1 aliphatic rings. The molecule has 1 aliphatic carbocycles. The molecule has 12 nitrogen and oxygen atoms in total. The average molecular weight is 435 g/mol. The fourth-order valence-electron chi connectivity index (χ4n) is 3.60. The molecule has 0 aromatic carbocycles. The van der Waals surface area contributed by atoms with Crippen LogP contribution in [0.1, 0.15) is 46.1 Å². The van der Waals surface area contributed by atoms with Crippen molar-refractivity contribution in [1.82, 2.24) is 30.2 Å². The Morgan fingerprint density at radius 3 is 2.68 bits per heavy atom. The third-order valence-electron chi connectivity index (χ3n) is 5.04. The van der Waals surface area contributed by atoms with Crippen molar-refractivity contribution in [3.8, 4) is 0 Å². The monoisotopic (exact) mass is 435 g/mol. The smallest absolute Gasteiger partial charge is 0.407 e. The minimum atomic E-state index is -1.18. The Morgan fingerprint density at radius 1 is 1.23 bits per heavy atom. The van der Waals surface area contributed by atoms with E-state index in [1.54, 1.807) is 25.3 Å². The Morgan fingerprint density at radius 2 is 1.97 bits per heavy atom. The zero-order valence-electron chi connectivity index (χ0n) is 17.8. The molecule has 2 heterocycles. The molecule has 4 atom stereocenters. The number of rotatable bonds is 5. The van der Waals surface area contributed by atoms with Gasteiger partial charge in [0.25, 0.3) is 0 Å². The van der Waals surface area contributed by atoms with Gasteiger partial charge < -0.3 is 35.9 Å². The van der Waals surface area contributed by atoms with Gasteiger partial charge in [-0.15, -0.1) is 0 Å². The summed E-state index contributed by atoms with van der Waals surface area (Å²) in [5.74, 6) is -0.112. The van der Waals surface area contributed by atoms with E-state index in [1.165, 1.54) is 12.7 Å². The maximum absolute atomic E-state index is 12.2. The molecular formula is C19H29N7O5. The van der Waals surface area contributed by atoms with Crippen molar-refractivity contribution < 1.29 is 24.5 Å². The molecule has 0 bridgehead atoms. The van der Waals surface area contributed by atoms with Gasteiger partial charge in [-0.25, -0.2) is 19.7 Å². The summed E-state index contributed by atoms with van der Waals surface area (Å²) in [6.07, 6.45) is 0.833. The number of alkyl carbamates (subject to hydrolysis) is 1. The molecule has 0 spiro atoms. The van der Waals surface area contributed by atoms with Gasteiger partial charge in [0.2, 0.25) is 5.91 Å². The number of amides is 2. The van der Waals surface area contributed by atoms with E-state index in [1.807, 2.05) is 0 Å². The number of aromatic nitrogens is 4. The Bertz CT molecular complexity index is 941. The third kappa shape index (κ3) is 5.39. The number of carbonyl (C=O) groups excluding carboxylic acids is 2. The lowest BCUT2D eigenvalue weighted by molar-refractivity contribution is -0.125. The van der Waals surface area contributed by atoms with Crippen molar-refractivity contribution in [3.05, 3.63) is 12.7 Å². The Balaban J connectivity index is 1.53. The summed E-state index contributed by atoms with van der Waals surface area (Å²) in [5, 5.41) is 26.5. The second-order valence-electron chi connectivity index (χ2n) is 8.56. The number of ether oxygens (including phenoxy) is 1. The summed E-state index contributed by atoms with van der Waals surface area (Å²) < 4.78 is 6.78. The van der Waals surface area contributed by atoms with Gasteiger partial charge >= 0.3 is 6.09 Å². The van der Waals surface area contributed by atoms with Crippen molar-refractivity contribution in [2.24, 2.45) is 0 Å². The maximum Gasteiger partial charge on any atom is 0.407 e. The molecule has 2 aromatic rings. The first-order chi connectivity index (χ1) is 14.6. The Kier molecular flexibility index (Phi) is 6.60. The van der Waals surface area contributed by atoms with Crippen LogP contribution >= 0.6 is 0 Å². The molecule has 170 valence electrons. The van der Waals surface area contributed by atoms with Crippen LogP contribution in [0.5, 0.6) is 0 Å². The van der Waals surface area contributed by atoms with Crippen LogP contribution in [0.15, 0.2) is 12.7 Å². The normalized spacial score (nSPS) is 24.0. The van der Waals surface area contributed by atoms with E-state index in [-0.39, 0.29) is 24.7 Å². The maximum atomic E-state index is 12.2. The SMILES string of the molecule is CC(C)(C)OC(=O)NCCC(=O)N[C@H]1CC[C@H](n2cnc3c(N)ncnc32)[C@H](O)[C@H]1O. The number of hydrogen-bond donors (Lipinski definition) is 5. The third-order valence-corrected chi connectivity index (χ3v) is 5.04. The van der Waals surface area contributed by atoms with Gasteiger partial charge in [-0.3, -0.25) is 4.79 Å². The van der Waals surface area contributed by atoms with E-state index in [0.717, 1.165) is 0 Å². The van der Waals surface area contributed by atoms with Gasteiger partial charge in [-0.1, -0.05) is 0 Å². The Labute approximate surface area is 179 Å². The van der Waals surface area contributed by atoms with Crippen LogP contribution in [0, 0.1) is 0 Å². The quantitative estimate of drug-likeness (QED) is 0.428. The summed E-state index contributed by atoms with van der Waals surface area (Å²) in [6, 6.07) is -1.09. The van der Waals surface area contributed by atoms with Crippen molar-refractivity contribution in [3.63, 3.8) is 0 Å². The second kappa shape index (κ2) is 9.02. The number of hydrogen-bond acceptors (Lipinski definition) is 9. The number of aliphatic hydroxyl groups is 2. The molecular weight excluding hydrogens is 406 g/mol. The van der Waals surface area contributed by atoms with Crippen LogP contribution in [-0.4, -0.2) is 72.1 Å². The first-order valence-corrected chi connectivity index (χ1v) is 10.1. The number of nitrogens with two attached hydrogens (primary N) is 1. The predicted molar refractivity (Wildman–Crippen MR) is 111 cm³/mol. The number of fused-ring (bicyclic) bond motifs is 1. The van der Waals surface area contributed by atoms with Crippen LogP contribution in [0.3, 0.4) is 0 Å². The zero-order chi connectivity index (χ0) is 22.8. The molecule has 1 fully saturated rings. The van der Waals surface area contributed by atoms with Gasteiger partial charge in [-0.2, -0.15) is 0 Å². The molecule has 0 aliphatic heterocycles. The van der Waals surface area contributed by atoms with E-state index in [4.69, 9.17) is 10.5 Å². The lowest BCUT2D eigenvalue weighted by Crippen LogP contribution is -2.54. The number of aliphatic hydroxyl groups excluding tert-OH is 2. The Hall–Kier alpha value is -2.99. The zero-order valence-corrected chi connectivity index (χ0v) is 17.8. The van der Waals surface area contributed by atoms with Gasteiger partial charge in [0, 0.05) is 13.0 Å². The first kappa shape index (κ1) is 22.7. The average Bonchev–Trinajstić information content (AvgIpc) is 3.09. The van der Waals surface area contributed by atoms with Crippen molar-refractivity contribution in [2.75, 3.05) is 12.3 Å².